The normalized spacial score (nSPS) is 10.4. The first-order valence-corrected chi connectivity index (χ1v) is 6.17. The highest BCUT2D eigenvalue weighted by atomic mass is 35.5. The topological polar surface area (TPSA) is 29.5 Å². The molecular weight excluding hydrogens is 232 g/mol. The van der Waals surface area contributed by atoms with Crippen molar-refractivity contribution in [3.05, 3.63) is 64.9 Å². The number of pyridine rings is 1. The first-order valence-electron chi connectivity index (χ1n) is 5.79. The van der Waals surface area contributed by atoms with Gasteiger partial charge >= 0.3 is 0 Å². The van der Waals surface area contributed by atoms with Crippen LogP contribution >= 0.6 is 11.6 Å². The molecule has 0 saturated heterocycles. The second-order valence-corrected chi connectivity index (χ2v) is 4.46. The van der Waals surface area contributed by atoms with Gasteiger partial charge < -0.3 is 5.32 Å². The van der Waals surface area contributed by atoms with Gasteiger partial charge in [0.25, 0.3) is 0 Å². The molecule has 0 saturated carbocycles. The van der Waals surface area contributed by atoms with E-state index in [1.54, 1.807) is 6.20 Å². The third-order valence-corrected chi connectivity index (χ3v) is 2.91. The molecule has 0 bridgehead atoms. The third-order valence-electron chi connectivity index (χ3n) is 2.65. The van der Waals surface area contributed by atoms with Crippen molar-refractivity contribution in [1.82, 2.24) is 4.98 Å². The van der Waals surface area contributed by atoms with Gasteiger partial charge in [0.2, 0.25) is 0 Å². The maximum absolute atomic E-state index is 5.84. The van der Waals surface area contributed by atoms with E-state index in [4.69, 9.17) is 11.6 Å². The van der Waals surface area contributed by atoms with Gasteiger partial charge in [0.05, 0.1) is 6.54 Å². The average molecular weight is 248 g/mol. The smallest absolute Gasteiger partial charge is 0.103 e. The number of halogens is 1. The van der Waals surface area contributed by atoms with Crippen LogP contribution in [0, 0.1) is 0 Å². The lowest BCUT2D eigenvalue weighted by molar-refractivity contribution is -0.670. The van der Waals surface area contributed by atoms with E-state index in [2.05, 4.69) is 28.5 Å². The molecule has 2 N–H and O–H groups in total. The lowest BCUT2D eigenvalue weighted by Gasteiger charge is -2.02. The van der Waals surface area contributed by atoms with Gasteiger partial charge in [-0.1, -0.05) is 29.8 Å². The van der Waals surface area contributed by atoms with Crippen LogP contribution in [0.3, 0.4) is 0 Å². The predicted octanol–water partition coefficient (Wildman–Crippen LogP) is 2.04. The van der Waals surface area contributed by atoms with Crippen molar-refractivity contribution in [3.8, 4) is 0 Å². The van der Waals surface area contributed by atoms with Crippen molar-refractivity contribution < 1.29 is 5.32 Å². The molecule has 1 aromatic carbocycles. The van der Waals surface area contributed by atoms with Crippen LogP contribution in [0.2, 0.25) is 5.02 Å². The summed E-state index contributed by atoms with van der Waals surface area (Å²) in [6.45, 7) is 2.07. The number of hydrogen-bond donors (Lipinski definition) is 1. The Hall–Kier alpha value is -1.38. The Morgan fingerprint density at radius 3 is 2.59 bits per heavy atom. The highest BCUT2D eigenvalue weighted by Gasteiger charge is 1.97. The van der Waals surface area contributed by atoms with Crippen molar-refractivity contribution in [2.24, 2.45) is 0 Å². The summed E-state index contributed by atoms with van der Waals surface area (Å²) in [5.41, 5.74) is 2.60. The molecule has 0 radical (unpaired) electrons. The molecule has 0 fully saturated rings. The Morgan fingerprint density at radius 1 is 1.06 bits per heavy atom. The summed E-state index contributed by atoms with van der Waals surface area (Å²) < 4.78 is 0. The van der Waals surface area contributed by atoms with Crippen LogP contribution in [0.15, 0.2) is 48.8 Å². The molecule has 1 aromatic heterocycles. The predicted molar refractivity (Wildman–Crippen MR) is 69.9 cm³/mol. The van der Waals surface area contributed by atoms with E-state index >= 15 is 0 Å². The van der Waals surface area contributed by atoms with Gasteiger partial charge in [-0.2, -0.15) is 0 Å². The monoisotopic (exact) mass is 247 g/mol. The maximum Gasteiger partial charge on any atom is 0.103 e. The van der Waals surface area contributed by atoms with Crippen LogP contribution in [0.4, 0.5) is 0 Å². The van der Waals surface area contributed by atoms with Gasteiger partial charge in [-0.15, -0.1) is 0 Å². The van der Waals surface area contributed by atoms with Gasteiger partial charge in [0.1, 0.15) is 6.54 Å². The zero-order valence-corrected chi connectivity index (χ0v) is 10.4. The van der Waals surface area contributed by atoms with Crippen molar-refractivity contribution in [1.29, 1.82) is 0 Å². The zero-order chi connectivity index (χ0) is 11.9. The zero-order valence-electron chi connectivity index (χ0n) is 9.64. The fraction of sp³-hybridized carbons (Fsp3) is 0.214. The summed E-state index contributed by atoms with van der Waals surface area (Å²) in [4.78, 5) is 4.10. The first kappa shape index (κ1) is 12.1. The van der Waals surface area contributed by atoms with E-state index < -0.39 is 0 Å². The molecule has 1 heterocycles. The minimum absolute atomic E-state index is 0.799. The molecule has 0 atom stereocenters. The Balaban J connectivity index is 1.71. The number of aromatic nitrogens is 1. The van der Waals surface area contributed by atoms with Crippen molar-refractivity contribution in [2.45, 2.75) is 13.0 Å². The van der Waals surface area contributed by atoms with Gasteiger partial charge in [-0.25, -0.2) is 0 Å². The van der Waals surface area contributed by atoms with Crippen LogP contribution in [0.25, 0.3) is 0 Å². The molecular formula is C14H16ClN2+. The lowest BCUT2D eigenvalue weighted by Crippen LogP contribution is -2.83. The summed E-state index contributed by atoms with van der Waals surface area (Å²) in [6.07, 6.45) is 4.79. The maximum atomic E-state index is 5.84. The van der Waals surface area contributed by atoms with Gasteiger partial charge in [-0.3, -0.25) is 4.98 Å². The average Bonchev–Trinajstić information content (AvgIpc) is 2.38. The van der Waals surface area contributed by atoms with Crippen LogP contribution < -0.4 is 5.32 Å². The Labute approximate surface area is 107 Å². The van der Waals surface area contributed by atoms with E-state index in [9.17, 15) is 0 Å². The number of benzene rings is 1. The highest BCUT2D eigenvalue weighted by molar-refractivity contribution is 6.30. The quantitative estimate of drug-likeness (QED) is 0.806. The van der Waals surface area contributed by atoms with Gasteiger partial charge in [0.15, 0.2) is 0 Å². The standard InChI is InChI=1S/C14H15ClN2/c15-14-5-3-12(4-6-14)7-9-17-11-13-2-1-8-16-10-13/h1-6,8,10,17H,7,9,11H2/p+1. The molecule has 0 spiro atoms. The highest BCUT2D eigenvalue weighted by Crippen LogP contribution is 2.09. The second kappa shape index (κ2) is 6.38. The minimum Gasteiger partial charge on any atom is -0.342 e. The molecule has 2 nitrogen and oxygen atoms in total. The number of nitrogens with two attached hydrogens (primary N) is 1. The number of quaternary nitrogens is 1. The molecule has 2 aromatic rings. The second-order valence-electron chi connectivity index (χ2n) is 4.02. The number of rotatable bonds is 5. The van der Waals surface area contributed by atoms with E-state index in [-0.39, 0.29) is 0 Å². The molecule has 88 valence electrons. The van der Waals surface area contributed by atoms with Crippen LogP contribution in [-0.4, -0.2) is 11.5 Å². The Bertz CT molecular complexity index is 440. The minimum atomic E-state index is 0.799. The summed E-state index contributed by atoms with van der Waals surface area (Å²) in [7, 11) is 0. The summed E-state index contributed by atoms with van der Waals surface area (Å²) >= 11 is 5.84. The molecule has 0 amide bonds. The fourth-order valence-electron chi connectivity index (χ4n) is 1.71. The molecule has 3 heteroatoms. The molecule has 0 aliphatic heterocycles. The van der Waals surface area contributed by atoms with Gasteiger partial charge in [-0.05, 0) is 23.8 Å². The molecule has 0 aliphatic carbocycles. The van der Waals surface area contributed by atoms with Crippen molar-refractivity contribution in [3.63, 3.8) is 0 Å². The van der Waals surface area contributed by atoms with E-state index in [0.29, 0.717) is 0 Å². The Morgan fingerprint density at radius 2 is 1.88 bits per heavy atom. The molecule has 0 unspecified atom stereocenters. The van der Waals surface area contributed by atoms with E-state index in [0.717, 1.165) is 24.5 Å². The number of hydrogen-bond acceptors (Lipinski definition) is 1. The summed E-state index contributed by atoms with van der Waals surface area (Å²) in [5.74, 6) is 0. The van der Waals surface area contributed by atoms with E-state index in [1.807, 2.05) is 24.4 Å². The van der Waals surface area contributed by atoms with Gasteiger partial charge in [0, 0.05) is 29.4 Å². The van der Waals surface area contributed by atoms with E-state index in [1.165, 1.54) is 11.1 Å². The van der Waals surface area contributed by atoms with Crippen LogP contribution in [-0.2, 0) is 13.0 Å². The molecule has 17 heavy (non-hydrogen) atoms. The lowest BCUT2D eigenvalue weighted by atomic mass is 10.1. The number of nitrogens with zero attached hydrogens (tertiary/aromatic N) is 1. The van der Waals surface area contributed by atoms with Crippen molar-refractivity contribution >= 4 is 11.6 Å². The van der Waals surface area contributed by atoms with Crippen LogP contribution in [0.1, 0.15) is 11.1 Å². The van der Waals surface area contributed by atoms with Crippen LogP contribution in [0.5, 0.6) is 0 Å². The molecule has 0 aliphatic rings. The summed E-state index contributed by atoms with van der Waals surface area (Å²) in [5, 5.41) is 3.10. The summed E-state index contributed by atoms with van der Waals surface area (Å²) in [6, 6.07) is 12.1. The van der Waals surface area contributed by atoms with Crippen molar-refractivity contribution in [2.75, 3.05) is 6.54 Å². The SMILES string of the molecule is Clc1ccc(CC[NH2+]Cc2cccnc2)cc1. The fourth-order valence-corrected chi connectivity index (χ4v) is 1.83. The Kier molecular flexibility index (Phi) is 4.54. The largest absolute Gasteiger partial charge is 0.342 e. The molecule has 2 rings (SSSR count). The first-order chi connectivity index (χ1) is 8.34. The third kappa shape index (κ3) is 4.17.